The predicted molar refractivity (Wildman–Crippen MR) is 142 cm³/mol. The number of carbonyl (C=O) groups is 1. The van der Waals surface area contributed by atoms with Gasteiger partial charge in [0.1, 0.15) is 0 Å². The molecule has 0 saturated carbocycles. The maximum Gasteiger partial charge on any atom is 0.220 e. The van der Waals surface area contributed by atoms with Crippen LogP contribution in [0.1, 0.15) is 123 Å². The van der Waals surface area contributed by atoms with Crippen LogP contribution in [0.2, 0.25) is 0 Å². The summed E-state index contributed by atoms with van der Waals surface area (Å²) in [4.78, 5) is 12.0. The van der Waals surface area contributed by atoms with Crippen LogP contribution in [0.5, 0.6) is 0 Å². The number of aliphatic hydroxyl groups is 2. The van der Waals surface area contributed by atoms with Crippen LogP contribution >= 0.6 is 0 Å². The largest absolute Gasteiger partial charge is 0.394 e. The summed E-state index contributed by atoms with van der Waals surface area (Å²) in [5, 5.41) is 22.5. The Labute approximate surface area is 204 Å². The number of carbonyl (C=O) groups excluding carboxylic acids is 1. The lowest BCUT2D eigenvalue weighted by Crippen LogP contribution is -2.45. The SMILES string of the molecule is CCCCCCC/C=C/CC/C=C/CC/C=C/C(O)C(CO)NC(=O)CCCCCCCC. The molecule has 0 saturated heterocycles. The van der Waals surface area contributed by atoms with Crippen molar-refractivity contribution in [2.45, 2.75) is 135 Å². The smallest absolute Gasteiger partial charge is 0.220 e. The molecule has 1 amide bonds. The Morgan fingerprint density at radius 3 is 1.76 bits per heavy atom. The molecule has 0 spiro atoms. The van der Waals surface area contributed by atoms with Gasteiger partial charge in [-0.1, -0.05) is 108 Å². The summed E-state index contributed by atoms with van der Waals surface area (Å²) >= 11 is 0. The Morgan fingerprint density at radius 2 is 1.18 bits per heavy atom. The van der Waals surface area contributed by atoms with Crippen molar-refractivity contribution in [1.29, 1.82) is 0 Å². The summed E-state index contributed by atoms with van der Waals surface area (Å²) in [7, 11) is 0. The van der Waals surface area contributed by atoms with Crippen LogP contribution in [0.25, 0.3) is 0 Å². The average molecular weight is 464 g/mol. The van der Waals surface area contributed by atoms with E-state index in [1.54, 1.807) is 6.08 Å². The zero-order valence-corrected chi connectivity index (χ0v) is 21.6. The van der Waals surface area contributed by atoms with Crippen molar-refractivity contribution in [3.05, 3.63) is 36.5 Å². The molecule has 33 heavy (non-hydrogen) atoms. The fourth-order valence-corrected chi connectivity index (χ4v) is 3.68. The average Bonchev–Trinajstić information content (AvgIpc) is 2.82. The van der Waals surface area contributed by atoms with E-state index in [-0.39, 0.29) is 12.5 Å². The highest BCUT2D eigenvalue weighted by molar-refractivity contribution is 5.76. The van der Waals surface area contributed by atoms with Gasteiger partial charge in [0.05, 0.1) is 18.8 Å². The van der Waals surface area contributed by atoms with Gasteiger partial charge in [0.2, 0.25) is 5.91 Å². The molecule has 192 valence electrons. The monoisotopic (exact) mass is 463 g/mol. The van der Waals surface area contributed by atoms with Crippen LogP contribution in [-0.2, 0) is 4.79 Å². The first-order valence-corrected chi connectivity index (χ1v) is 13.7. The van der Waals surface area contributed by atoms with Crippen molar-refractivity contribution < 1.29 is 15.0 Å². The molecule has 4 nitrogen and oxygen atoms in total. The fourth-order valence-electron chi connectivity index (χ4n) is 3.68. The molecule has 0 fully saturated rings. The van der Waals surface area contributed by atoms with Crippen LogP contribution in [0, 0.1) is 0 Å². The highest BCUT2D eigenvalue weighted by atomic mass is 16.3. The Bertz CT molecular complexity index is 513. The minimum absolute atomic E-state index is 0.0922. The van der Waals surface area contributed by atoms with Crippen LogP contribution < -0.4 is 5.32 Å². The molecule has 4 heteroatoms. The maximum atomic E-state index is 12.0. The molecule has 2 unspecified atom stereocenters. The predicted octanol–water partition coefficient (Wildman–Crippen LogP) is 7.16. The van der Waals surface area contributed by atoms with Gasteiger partial charge in [-0.25, -0.2) is 0 Å². The van der Waals surface area contributed by atoms with E-state index < -0.39 is 12.1 Å². The van der Waals surface area contributed by atoms with E-state index in [4.69, 9.17) is 0 Å². The molecule has 0 aliphatic heterocycles. The van der Waals surface area contributed by atoms with Gasteiger partial charge in [-0.05, 0) is 44.9 Å². The number of unbranched alkanes of at least 4 members (excludes halogenated alkanes) is 12. The summed E-state index contributed by atoms with van der Waals surface area (Å²) in [5.41, 5.74) is 0. The van der Waals surface area contributed by atoms with Crippen LogP contribution in [0.3, 0.4) is 0 Å². The highest BCUT2D eigenvalue weighted by Crippen LogP contribution is 2.08. The van der Waals surface area contributed by atoms with E-state index in [1.807, 2.05) is 6.08 Å². The first-order chi connectivity index (χ1) is 16.2. The molecule has 0 bridgehead atoms. The normalized spacial score (nSPS) is 13.9. The van der Waals surface area contributed by atoms with E-state index >= 15 is 0 Å². The zero-order chi connectivity index (χ0) is 24.4. The minimum atomic E-state index is -0.861. The third-order valence-corrected chi connectivity index (χ3v) is 5.85. The van der Waals surface area contributed by atoms with E-state index in [1.165, 1.54) is 64.2 Å². The molecule has 3 N–H and O–H groups in total. The van der Waals surface area contributed by atoms with E-state index in [9.17, 15) is 15.0 Å². The van der Waals surface area contributed by atoms with Gasteiger partial charge in [0.25, 0.3) is 0 Å². The van der Waals surface area contributed by atoms with Gasteiger partial charge in [-0.2, -0.15) is 0 Å². The van der Waals surface area contributed by atoms with Crippen molar-refractivity contribution >= 4 is 5.91 Å². The van der Waals surface area contributed by atoms with Crippen LogP contribution in [0.15, 0.2) is 36.5 Å². The van der Waals surface area contributed by atoms with Gasteiger partial charge in [-0.3, -0.25) is 4.79 Å². The van der Waals surface area contributed by atoms with E-state index in [0.717, 1.165) is 38.5 Å². The zero-order valence-electron chi connectivity index (χ0n) is 21.6. The summed E-state index contributed by atoms with van der Waals surface area (Å²) in [6, 6.07) is -0.636. The molecule has 0 aliphatic carbocycles. The molecule has 0 aliphatic rings. The summed E-state index contributed by atoms with van der Waals surface area (Å²) in [6.07, 6.45) is 30.8. The van der Waals surface area contributed by atoms with E-state index in [2.05, 4.69) is 43.5 Å². The molecule has 0 heterocycles. The first kappa shape index (κ1) is 31.6. The Kier molecular flexibility index (Phi) is 24.2. The number of hydrogen-bond acceptors (Lipinski definition) is 3. The lowest BCUT2D eigenvalue weighted by atomic mass is 10.1. The van der Waals surface area contributed by atoms with Gasteiger partial charge >= 0.3 is 0 Å². The number of allylic oxidation sites excluding steroid dienone is 5. The van der Waals surface area contributed by atoms with Crippen molar-refractivity contribution in [2.24, 2.45) is 0 Å². The topological polar surface area (TPSA) is 69.6 Å². The van der Waals surface area contributed by atoms with Crippen molar-refractivity contribution in [3.8, 4) is 0 Å². The second-order valence-electron chi connectivity index (χ2n) is 9.09. The number of rotatable bonds is 23. The quantitative estimate of drug-likeness (QED) is 0.111. The van der Waals surface area contributed by atoms with Gasteiger partial charge in [0.15, 0.2) is 0 Å². The standard InChI is InChI=1S/C29H53NO3/c1-3-5-7-9-11-12-13-14-15-16-17-18-19-20-22-24-28(32)27(26-31)30-29(33)25-23-21-10-8-6-4-2/h13-14,17-18,22,24,27-28,31-32H,3-12,15-16,19-21,23,25-26H2,1-2H3,(H,30,33)/b14-13+,18-17+,24-22+. The fraction of sp³-hybridized carbons (Fsp3) is 0.759. The summed E-state index contributed by atoms with van der Waals surface area (Å²) < 4.78 is 0. The number of nitrogens with one attached hydrogen (secondary N) is 1. The summed E-state index contributed by atoms with van der Waals surface area (Å²) in [6.45, 7) is 4.18. The third kappa shape index (κ3) is 22.2. The number of amides is 1. The molecule has 0 aromatic rings. The highest BCUT2D eigenvalue weighted by Gasteiger charge is 2.17. The van der Waals surface area contributed by atoms with Crippen molar-refractivity contribution in [3.63, 3.8) is 0 Å². The Hall–Kier alpha value is -1.39. The molecule has 0 aromatic carbocycles. The van der Waals surface area contributed by atoms with E-state index in [0.29, 0.717) is 6.42 Å². The molecule has 0 aromatic heterocycles. The Balaban J connectivity index is 3.81. The second-order valence-corrected chi connectivity index (χ2v) is 9.09. The number of aliphatic hydroxyl groups excluding tert-OH is 2. The summed E-state index contributed by atoms with van der Waals surface area (Å²) in [5.74, 6) is -0.0922. The van der Waals surface area contributed by atoms with Crippen molar-refractivity contribution in [1.82, 2.24) is 5.32 Å². The van der Waals surface area contributed by atoms with Crippen LogP contribution in [-0.4, -0.2) is 34.9 Å². The minimum Gasteiger partial charge on any atom is -0.394 e. The lowest BCUT2D eigenvalue weighted by molar-refractivity contribution is -0.123. The maximum absolute atomic E-state index is 12.0. The van der Waals surface area contributed by atoms with Gasteiger partial charge < -0.3 is 15.5 Å². The first-order valence-electron chi connectivity index (χ1n) is 13.7. The molecule has 0 radical (unpaired) electrons. The molecule has 0 rings (SSSR count). The number of hydrogen-bond donors (Lipinski definition) is 3. The second kappa shape index (κ2) is 25.2. The Morgan fingerprint density at radius 1 is 0.697 bits per heavy atom. The molecular weight excluding hydrogens is 410 g/mol. The third-order valence-electron chi connectivity index (χ3n) is 5.85. The van der Waals surface area contributed by atoms with Gasteiger partial charge in [-0.15, -0.1) is 0 Å². The lowest BCUT2D eigenvalue weighted by Gasteiger charge is -2.19. The van der Waals surface area contributed by atoms with Crippen LogP contribution in [0.4, 0.5) is 0 Å². The molecular formula is C29H53NO3. The van der Waals surface area contributed by atoms with Crippen molar-refractivity contribution in [2.75, 3.05) is 6.61 Å². The molecule has 2 atom stereocenters. The van der Waals surface area contributed by atoms with Gasteiger partial charge in [0, 0.05) is 6.42 Å².